The van der Waals surface area contributed by atoms with Gasteiger partial charge in [-0.3, -0.25) is 4.98 Å². The Bertz CT molecular complexity index is 545. The summed E-state index contributed by atoms with van der Waals surface area (Å²) in [4.78, 5) is 4.44. The van der Waals surface area contributed by atoms with Crippen molar-refractivity contribution in [3.63, 3.8) is 0 Å². The smallest absolute Gasteiger partial charge is 0.211 e. The van der Waals surface area contributed by atoms with Crippen LogP contribution in [0.4, 0.5) is 0 Å². The molecule has 0 aliphatic heterocycles. The summed E-state index contributed by atoms with van der Waals surface area (Å²) in [5.74, 6) is 0. The van der Waals surface area contributed by atoms with Crippen LogP contribution in [0.15, 0.2) is 18.3 Å². The highest BCUT2D eigenvalue weighted by molar-refractivity contribution is 7.88. The fraction of sp³-hybridized carbons (Fsp3) is 0.643. The van der Waals surface area contributed by atoms with Crippen LogP contribution < -0.4 is 5.32 Å². The first-order valence-corrected chi connectivity index (χ1v) is 8.99. The fourth-order valence-electron chi connectivity index (χ4n) is 2.70. The summed E-state index contributed by atoms with van der Waals surface area (Å²) in [5.41, 5.74) is 2.49. The number of hydrogen-bond donors (Lipinski definition) is 1. The predicted molar refractivity (Wildman–Crippen MR) is 80.0 cm³/mol. The van der Waals surface area contributed by atoms with E-state index in [-0.39, 0.29) is 0 Å². The number of nitrogens with zero attached hydrogens (tertiary/aromatic N) is 2. The maximum Gasteiger partial charge on any atom is 0.211 e. The second kappa shape index (κ2) is 6.65. The zero-order chi connectivity index (χ0) is 14.6. The van der Waals surface area contributed by atoms with E-state index in [1.807, 2.05) is 19.2 Å². The SMILES string of the molecule is CCN(CCCNC1CCc2cccnc21)S(C)(=O)=O. The molecule has 1 heterocycles. The normalized spacial score (nSPS) is 18.4. The molecule has 1 aliphatic rings. The molecular formula is C14H23N3O2S. The molecule has 1 unspecified atom stereocenters. The van der Waals surface area contributed by atoms with Crippen LogP contribution in [0.3, 0.4) is 0 Å². The van der Waals surface area contributed by atoms with Gasteiger partial charge < -0.3 is 5.32 Å². The largest absolute Gasteiger partial charge is 0.309 e. The molecule has 1 N–H and O–H groups in total. The van der Waals surface area contributed by atoms with Crippen LogP contribution in [0.25, 0.3) is 0 Å². The van der Waals surface area contributed by atoms with Crippen LogP contribution >= 0.6 is 0 Å². The van der Waals surface area contributed by atoms with Crippen LogP contribution in [0.5, 0.6) is 0 Å². The summed E-state index contributed by atoms with van der Waals surface area (Å²) >= 11 is 0. The minimum absolute atomic E-state index is 0.319. The zero-order valence-electron chi connectivity index (χ0n) is 12.2. The molecular weight excluding hydrogens is 274 g/mol. The predicted octanol–water partition coefficient (Wildman–Crippen LogP) is 1.33. The van der Waals surface area contributed by atoms with Crippen LogP contribution in [-0.2, 0) is 16.4 Å². The number of fused-ring (bicyclic) bond motifs is 1. The molecule has 1 atom stereocenters. The topological polar surface area (TPSA) is 62.3 Å². The van der Waals surface area contributed by atoms with Gasteiger partial charge in [0.2, 0.25) is 10.0 Å². The van der Waals surface area contributed by atoms with E-state index in [2.05, 4.69) is 16.4 Å². The van der Waals surface area contributed by atoms with Gasteiger partial charge in [0, 0.05) is 19.3 Å². The van der Waals surface area contributed by atoms with E-state index in [0.717, 1.165) is 31.5 Å². The van der Waals surface area contributed by atoms with Crippen molar-refractivity contribution in [2.45, 2.75) is 32.2 Å². The Morgan fingerprint density at radius 3 is 3.00 bits per heavy atom. The van der Waals surface area contributed by atoms with E-state index in [9.17, 15) is 8.42 Å². The van der Waals surface area contributed by atoms with Gasteiger partial charge in [0.15, 0.2) is 0 Å². The summed E-state index contributed by atoms with van der Waals surface area (Å²) < 4.78 is 24.5. The molecule has 0 saturated carbocycles. The van der Waals surface area contributed by atoms with Gasteiger partial charge in [-0.25, -0.2) is 12.7 Å². The molecule has 0 aromatic carbocycles. The highest BCUT2D eigenvalue weighted by Gasteiger charge is 2.22. The van der Waals surface area contributed by atoms with E-state index in [0.29, 0.717) is 19.1 Å². The van der Waals surface area contributed by atoms with Crippen LogP contribution in [0.1, 0.15) is 37.1 Å². The number of aryl methyl sites for hydroxylation is 1. The van der Waals surface area contributed by atoms with Crippen molar-refractivity contribution in [1.29, 1.82) is 0 Å². The Labute approximate surface area is 121 Å². The molecule has 5 nitrogen and oxygen atoms in total. The van der Waals surface area contributed by atoms with Gasteiger partial charge in [0.05, 0.1) is 18.0 Å². The number of rotatable bonds is 7. The quantitative estimate of drug-likeness (QED) is 0.771. The van der Waals surface area contributed by atoms with Crippen molar-refractivity contribution in [2.24, 2.45) is 0 Å². The molecule has 0 fully saturated rings. The Hall–Kier alpha value is -0.980. The zero-order valence-corrected chi connectivity index (χ0v) is 13.0. The number of nitrogens with one attached hydrogen (secondary N) is 1. The van der Waals surface area contributed by atoms with Crippen molar-refractivity contribution in [1.82, 2.24) is 14.6 Å². The molecule has 0 amide bonds. The molecule has 20 heavy (non-hydrogen) atoms. The van der Waals surface area contributed by atoms with E-state index < -0.39 is 10.0 Å². The summed E-state index contributed by atoms with van der Waals surface area (Å²) in [6.07, 6.45) is 6.07. The summed E-state index contributed by atoms with van der Waals surface area (Å²) in [6.45, 7) is 3.79. The molecule has 6 heteroatoms. The third kappa shape index (κ3) is 3.77. The van der Waals surface area contributed by atoms with E-state index >= 15 is 0 Å². The minimum Gasteiger partial charge on any atom is -0.309 e. The molecule has 112 valence electrons. The highest BCUT2D eigenvalue weighted by atomic mass is 32.2. The monoisotopic (exact) mass is 297 g/mol. The van der Waals surface area contributed by atoms with E-state index in [4.69, 9.17) is 0 Å². The number of aromatic nitrogens is 1. The average Bonchev–Trinajstić information content (AvgIpc) is 2.81. The molecule has 2 rings (SSSR count). The van der Waals surface area contributed by atoms with Crippen molar-refractivity contribution < 1.29 is 8.42 Å². The molecule has 0 bridgehead atoms. The second-order valence-corrected chi connectivity index (χ2v) is 7.18. The van der Waals surface area contributed by atoms with E-state index in [1.54, 1.807) is 0 Å². The molecule has 1 aromatic rings. The first-order valence-electron chi connectivity index (χ1n) is 7.14. The first-order chi connectivity index (χ1) is 9.52. The van der Waals surface area contributed by atoms with Gasteiger partial charge in [-0.2, -0.15) is 0 Å². The van der Waals surface area contributed by atoms with Crippen molar-refractivity contribution >= 4 is 10.0 Å². The van der Waals surface area contributed by atoms with Gasteiger partial charge in [-0.15, -0.1) is 0 Å². The third-order valence-electron chi connectivity index (χ3n) is 3.76. The Kier molecular flexibility index (Phi) is 5.12. The maximum atomic E-state index is 11.5. The lowest BCUT2D eigenvalue weighted by Gasteiger charge is -2.19. The Morgan fingerprint density at radius 2 is 2.30 bits per heavy atom. The van der Waals surface area contributed by atoms with Crippen LogP contribution in [0, 0.1) is 0 Å². The van der Waals surface area contributed by atoms with Gasteiger partial charge >= 0.3 is 0 Å². The van der Waals surface area contributed by atoms with Crippen molar-refractivity contribution in [2.75, 3.05) is 25.9 Å². The second-order valence-electron chi connectivity index (χ2n) is 5.20. The van der Waals surface area contributed by atoms with Gasteiger partial charge in [0.1, 0.15) is 0 Å². The lowest BCUT2D eigenvalue weighted by atomic mass is 10.2. The van der Waals surface area contributed by atoms with E-state index in [1.165, 1.54) is 16.1 Å². The standard InChI is InChI=1S/C14H23N3O2S/c1-3-17(20(2,18)19)11-5-10-15-13-8-7-12-6-4-9-16-14(12)13/h4,6,9,13,15H,3,5,7-8,10-11H2,1-2H3. The Balaban J connectivity index is 1.78. The maximum absolute atomic E-state index is 11.5. The average molecular weight is 297 g/mol. The Morgan fingerprint density at radius 1 is 1.50 bits per heavy atom. The van der Waals surface area contributed by atoms with Crippen LogP contribution in [-0.4, -0.2) is 43.6 Å². The minimum atomic E-state index is -3.07. The van der Waals surface area contributed by atoms with Gasteiger partial charge in [-0.1, -0.05) is 13.0 Å². The summed E-state index contributed by atoms with van der Waals surface area (Å²) in [5, 5.41) is 3.48. The van der Waals surface area contributed by atoms with Crippen LogP contribution in [0.2, 0.25) is 0 Å². The first kappa shape index (κ1) is 15.4. The fourth-order valence-corrected chi connectivity index (χ4v) is 3.63. The summed E-state index contributed by atoms with van der Waals surface area (Å²) in [7, 11) is -3.07. The van der Waals surface area contributed by atoms with Crippen molar-refractivity contribution in [3.8, 4) is 0 Å². The van der Waals surface area contributed by atoms with Gasteiger partial charge in [-0.05, 0) is 37.4 Å². The third-order valence-corrected chi connectivity index (χ3v) is 5.13. The molecule has 0 spiro atoms. The highest BCUT2D eigenvalue weighted by Crippen LogP contribution is 2.28. The van der Waals surface area contributed by atoms with Crippen molar-refractivity contribution in [3.05, 3.63) is 29.6 Å². The molecule has 1 aromatic heterocycles. The number of sulfonamides is 1. The lowest BCUT2D eigenvalue weighted by Crippen LogP contribution is -2.32. The van der Waals surface area contributed by atoms with Gasteiger partial charge in [0.25, 0.3) is 0 Å². The summed E-state index contributed by atoms with van der Waals surface area (Å²) in [6, 6.07) is 4.43. The number of pyridine rings is 1. The number of hydrogen-bond acceptors (Lipinski definition) is 4. The molecule has 1 aliphatic carbocycles. The molecule has 0 saturated heterocycles. The lowest BCUT2D eigenvalue weighted by molar-refractivity contribution is 0.409. The molecule has 0 radical (unpaired) electrons.